The van der Waals surface area contributed by atoms with Gasteiger partial charge < -0.3 is 10.6 Å². The van der Waals surface area contributed by atoms with E-state index in [9.17, 15) is 4.79 Å². The Hall–Kier alpha value is -1.60. The van der Waals surface area contributed by atoms with Crippen LogP contribution in [0.2, 0.25) is 0 Å². The van der Waals surface area contributed by atoms with Gasteiger partial charge in [0.1, 0.15) is 0 Å². The second kappa shape index (κ2) is 8.88. The maximum absolute atomic E-state index is 12.1. The van der Waals surface area contributed by atoms with Gasteiger partial charge in [-0.25, -0.2) is 0 Å². The van der Waals surface area contributed by atoms with E-state index in [0.717, 1.165) is 28.0 Å². The van der Waals surface area contributed by atoms with Crippen LogP contribution in [0.4, 0.5) is 5.13 Å². The number of nitrogens with zero attached hydrogens (tertiary/aromatic N) is 2. The number of hydrogen-bond donors (Lipinski definition) is 2. The van der Waals surface area contributed by atoms with Crippen molar-refractivity contribution >= 4 is 34.1 Å². The van der Waals surface area contributed by atoms with Gasteiger partial charge in [-0.05, 0) is 31.4 Å². The Morgan fingerprint density at radius 1 is 1.26 bits per heavy atom. The summed E-state index contributed by atoms with van der Waals surface area (Å²) in [6.07, 6.45) is 1.02. The predicted molar refractivity (Wildman–Crippen MR) is 97.2 cm³/mol. The van der Waals surface area contributed by atoms with Crippen LogP contribution in [0, 0.1) is 0 Å². The van der Waals surface area contributed by atoms with Crippen molar-refractivity contribution in [3.63, 3.8) is 0 Å². The zero-order chi connectivity index (χ0) is 16.7. The molecule has 1 heterocycles. The van der Waals surface area contributed by atoms with Gasteiger partial charge in [0.05, 0.1) is 11.8 Å². The Morgan fingerprint density at radius 2 is 2.00 bits per heavy atom. The van der Waals surface area contributed by atoms with E-state index in [2.05, 4.69) is 52.0 Å². The molecular formula is C16H22N4OS2. The summed E-state index contributed by atoms with van der Waals surface area (Å²) in [6.45, 7) is 6.95. The van der Waals surface area contributed by atoms with Crippen molar-refractivity contribution in [2.75, 3.05) is 17.6 Å². The molecule has 5 nitrogen and oxygen atoms in total. The molecule has 0 spiro atoms. The van der Waals surface area contributed by atoms with Crippen LogP contribution >= 0.6 is 23.1 Å². The molecule has 23 heavy (non-hydrogen) atoms. The van der Waals surface area contributed by atoms with Crippen LogP contribution in [0.3, 0.4) is 0 Å². The molecule has 124 valence electrons. The predicted octanol–water partition coefficient (Wildman–Crippen LogP) is 3.50. The summed E-state index contributed by atoms with van der Waals surface area (Å²) in [7, 11) is 0. The number of rotatable bonds is 8. The van der Waals surface area contributed by atoms with E-state index in [1.165, 1.54) is 28.7 Å². The topological polar surface area (TPSA) is 66.9 Å². The molecule has 0 fully saturated rings. The minimum absolute atomic E-state index is 0.000690. The zero-order valence-electron chi connectivity index (χ0n) is 13.6. The van der Waals surface area contributed by atoms with Crippen LogP contribution < -0.4 is 10.6 Å². The van der Waals surface area contributed by atoms with Gasteiger partial charge in [0.25, 0.3) is 0 Å². The van der Waals surface area contributed by atoms with Crippen LogP contribution in [0.15, 0.2) is 28.6 Å². The fraction of sp³-hybridized carbons (Fsp3) is 0.438. The average Bonchev–Trinajstić information content (AvgIpc) is 3.01. The number of carbonyl (C=O) groups excluding carboxylic acids is 1. The summed E-state index contributed by atoms with van der Waals surface area (Å²) in [4.78, 5) is 12.1. The SMILES string of the molecule is CCNc1nnc(SCC(=O)N[C@H](C)c2ccc(CC)cc2)s1. The Balaban J connectivity index is 1.80. The average molecular weight is 351 g/mol. The van der Waals surface area contributed by atoms with E-state index in [0.29, 0.717) is 5.75 Å². The van der Waals surface area contributed by atoms with Gasteiger partial charge in [0.15, 0.2) is 4.34 Å². The molecule has 0 saturated carbocycles. The third-order valence-electron chi connectivity index (χ3n) is 3.33. The molecule has 0 unspecified atom stereocenters. The lowest BCUT2D eigenvalue weighted by Gasteiger charge is -2.14. The van der Waals surface area contributed by atoms with Crippen molar-refractivity contribution in [3.05, 3.63) is 35.4 Å². The fourth-order valence-corrected chi connectivity index (χ4v) is 3.66. The number of carbonyl (C=O) groups is 1. The number of amides is 1. The molecule has 7 heteroatoms. The molecular weight excluding hydrogens is 328 g/mol. The van der Waals surface area contributed by atoms with Gasteiger partial charge in [-0.3, -0.25) is 4.79 Å². The summed E-state index contributed by atoms with van der Waals surface area (Å²) < 4.78 is 0.802. The monoisotopic (exact) mass is 350 g/mol. The first-order valence-electron chi connectivity index (χ1n) is 7.70. The normalized spacial score (nSPS) is 12.0. The molecule has 0 aliphatic rings. The molecule has 2 N–H and O–H groups in total. The minimum Gasteiger partial charge on any atom is -0.360 e. The quantitative estimate of drug-likeness (QED) is 0.713. The van der Waals surface area contributed by atoms with E-state index in [-0.39, 0.29) is 11.9 Å². The molecule has 1 aromatic carbocycles. The summed E-state index contributed by atoms with van der Waals surface area (Å²) in [5.41, 5.74) is 2.42. The van der Waals surface area contributed by atoms with Gasteiger partial charge in [0, 0.05) is 6.54 Å². The largest absolute Gasteiger partial charge is 0.360 e. The Kier molecular flexibility index (Phi) is 6.85. The molecule has 1 aromatic heterocycles. The van der Waals surface area contributed by atoms with Crippen LogP contribution in [0.1, 0.15) is 37.9 Å². The molecule has 2 aromatic rings. The van der Waals surface area contributed by atoms with E-state index in [1.54, 1.807) is 0 Å². The maximum Gasteiger partial charge on any atom is 0.230 e. The van der Waals surface area contributed by atoms with Crippen LogP contribution in [-0.2, 0) is 11.2 Å². The zero-order valence-corrected chi connectivity index (χ0v) is 15.3. The van der Waals surface area contributed by atoms with Gasteiger partial charge in [0.2, 0.25) is 11.0 Å². The lowest BCUT2D eigenvalue weighted by molar-refractivity contribution is -0.119. The van der Waals surface area contributed by atoms with E-state index < -0.39 is 0 Å². The third kappa shape index (κ3) is 5.51. The molecule has 0 aliphatic carbocycles. The first-order valence-corrected chi connectivity index (χ1v) is 9.51. The highest BCUT2D eigenvalue weighted by Gasteiger charge is 2.11. The summed E-state index contributed by atoms with van der Waals surface area (Å²) in [5, 5.41) is 15.0. The van der Waals surface area contributed by atoms with Crippen molar-refractivity contribution in [1.29, 1.82) is 0 Å². The van der Waals surface area contributed by atoms with E-state index in [1.807, 2.05) is 13.8 Å². The first-order chi connectivity index (χ1) is 11.1. The Labute approximate surface area is 145 Å². The number of nitrogens with one attached hydrogen (secondary N) is 2. The standard InChI is InChI=1S/C16H22N4OS2/c1-4-12-6-8-13(9-7-12)11(3)18-14(21)10-22-16-20-19-15(23-16)17-5-2/h6-9,11H,4-5,10H2,1-3H3,(H,17,19)(H,18,21)/t11-/m1/s1. The highest BCUT2D eigenvalue weighted by Crippen LogP contribution is 2.25. The summed E-state index contributed by atoms with van der Waals surface area (Å²) in [5.74, 6) is 0.347. The molecule has 0 saturated heterocycles. The van der Waals surface area contributed by atoms with E-state index >= 15 is 0 Å². The van der Waals surface area contributed by atoms with Crippen molar-refractivity contribution in [3.8, 4) is 0 Å². The lowest BCUT2D eigenvalue weighted by atomic mass is 10.1. The van der Waals surface area contributed by atoms with Crippen LogP contribution in [0.25, 0.3) is 0 Å². The van der Waals surface area contributed by atoms with Crippen molar-refractivity contribution in [2.24, 2.45) is 0 Å². The molecule has 0 radical (unpaired) electrons. The smallest absolute Gasteiger partial charge is 0.230 e. The highest BCUT2D eigenvalue weighted by molar-refractivity contribution is 8.01. The number of anilines is 1. The van der Waals surface area contributed by atoms with Gasteiger partial charge in [-0.15, -0.1) is 10.2 Å². The van der Waals surface area contributed by atoms with Crippen molar-refractivity contribution < 1.29 is 4.79 Å². The van der Waals surface area contributed by atoms with E-state index in [4.69, 9.17) is 0 Å². The number of thioether (sulfide) groups is 1. The number of benzene rings is 1. The number of aryl methyl sites for hydroxylation is 1. The minimum atomic E-state index is 0.000690. The molecule has 1 atom stereocenters. The lowest BCUT2D eigenvalue weighted by Crippen LogP contribution is -2.28. The number of hydrogen-bond acceptors (Lipinski definition) is 6. The summed E-state index contributed by atoms with van der Waals surface area (Å²) in [6, 6.07) is 8.36. The summed E-state index contributed by atoms with van der Waals surface area (Å²) >= 11 is 2.88. The van der Waals surface area contributed by atoms with Gasteiger partial charge in [-0.1, -0.05) is 54.3 Å². The molecule has 0 bridgehead atoms. The Bertz CT molecular complexity index is 627. The van der Waals surface area contributed by atoms with Crippen LogP contribution in [-0.4, -0.2) is 28.4 Å². The van der Waals surface area contributed by atoms with Crippen molar-refractivity contribution in [2.45, 2.75) is 37.6 Å². The second-order valence-corrected chi connectivity index (χ2v) is 7.28. The van der Waals surface area contributed by atoms with Crippen molar-refractivity contribution in [1.82, 2.24) is 15.5 Å². The van der Waals surface area contributed by atoms with Gasteiger partial charge in [-0.2, -0.15) is 0 Å². The fourth-order valence-electron chi connectivity index (χ4n) is 2.03. The molecule has 0 aliphatic heterocycles. The molecule has 2 rings (SSSR count). The molecule has 1 amide bonds. The Morgan fingerprint density at radius 3 is 2.65 bits per heavy atom. The van der Waals surface area contributed by atoms with Crippen LogP contribution in [0.5, 0.6) is 0 Å². The van der Waals surface area contributed by atoms with Gasteiger partial charge >= 0.3 is 0 Å². The second-order valence-electron chi connectivity index (χ2n) is 5.08. The number of aromatic nitrogens is 2. The maximum atomic E-state index is 12.1. The first kappa shape index (κ1) is 17.7. The third-order valence-corrected chi connectivity index (χ3v) is 5.34. The highest BCUT2D eigenvalue weighted by atomic mass is 32.2.